The Balaban J connectivity index is 1.95. The molecule has 0 atom stereocenters. The predicted octanol–water partition coefficient (Wildman–Crippen LogP) is 2.48. The molecule has 0 aliphatic rings. The van der Waals surface area contributed by atoms with Crippen molar-refractivity contribution < 1.29 is 14.3 Å². The second kappa shape index (κ2) is 8.47. The van der Waals surface area contributed by atoms with Gasteiger partial charge in [-0.25, -0.2) is 5.43 Å². The molecule has 2 rings (SSSR count). The fourth-order valence-electron chi connectivity index (χ4n) is 1.98. The monoisotopic (exact) mass is 325 g/mol. The first-order chi connectivity index (χ1) is 11.6. The summed E-state index contributed by atoms with van der Waals surface area (Å²) in [6.45, 7) is 4.25. The van der Waals surface area contributed by atoms with E-state index in [0.717, 1.165) is 5.56 Å². The van der Waals surface area contributed by atoms with Gasteiger partial charge in [0.25, 0.3) is 0 Å². The number of ether oxygens (including phenoxy) is 1. The number of benzene rings is 2. The minimum Gasteiger partial charge on any atom is -0.493 e. The van der Waals surface area contributed by atoms with Gasteiger partial charge in [0.1, 0.15) is 5.75 Å². The normalized spacial score (nSPS) is 10.4. The molecule has 124 valence electrons. The van der Waals surface area contributed by atoms with Crippen LogP contribution in [0.1, 0.15) is 18.1 Å². The van der Waals surface area contributed by atoms with E-state index in [1.54, 1.807) is 24.3 Å². The molecule has 0 aromatic heterocycles. The first-order valence-corrected chi connectivity index (χ1v) is 7.53. The molecule has 2 aromatic carbocycles. The number of hydrazone groups is 1. The van der Waals surface area contributed by atoms with Crippen LogP contribution in [0.2, 0.25) is 0 Å². The van der Waals surface area contributed by atoms with Gasteiger partial charge in [0.15, 0.2) is 0 Å². The van der Waals surface area contributed by atoms with Gasteiger partial charge in [0.2, 0.25) is 0 Å². The van der Waals surface area contributed by atoms with Crippen molar-refractivity contribution in [2.24, 2.45) is 5.10 Å². The molecule has 6 nitrogen and oxygen atoms in total. The highest BCUT2D eigenvalue weighted by molar-refractivity contribution is 6.39. The summed E-state index contributed by atoms with van der Waals surface area (Å²) < 4.78 is 5.45. The van der Waals surface area contributed by atoms with Crippen LogP contribution in [0.5, 0.6) is 5.75 Å². The summed E-state index contributed by atoms with van der Waals surface area (Å²) in [6, 6.07) is 14.5. The lowest BCUT2D eigenvalue weighted by atomic mass is 10.2. The number of nitrogens with zero attached hydrogens (tertiary/aromatic N) is 1. The van der Waals surface area contributed by atoms with E-state index < -0.39 is 11.8 Å². The first-order valence-electron chi connectivity index (χ1n) is 7.53. The highest BCUT2D eigenvalue weighted by atomic mass is 16.5. The predicted molar refractivity (Wildman–Crippen MR) is 93.2 cm³/mol. The Morgan fingerprint density at radius 3 is 2.54 bits per heavy atom. The molecule has 0 aliphatic carbocycles. The minimum atomic E-state index is -0.844. The van der Waals surface area contributed by atoms with Gasteiger partial charge in [-0.2, -0.15) is 5.10 Å². The summed E-state index contributed by atoms with van der Waals surface area (Å²) in [7, 11) is 0. The molecule has 0 heterocycles. The Kier molecular flexibility index (Phi) is 6.08. The average molecular weight is 325 g/mol. The quantitative estimate of drug-likeness (QED) is 0.503. The van der Waals surface area contributed by atoms with E-state index in [2.05, 4.69) is 15.8 Å². The molecule has 0 saturated carbocycles. The van der Waals surface area contributed by atoms with Crippen molar-refractivity contribution in [3.8, 4) is 5.75 Å². The molecule has 2 amide bonds. The molecule has 0 unspecified atom stereocenters. The molecule has 0 saturated heterocycles. The number of hydrogen-bond donors (Lipinski definition) is 2. The van der Waals surface area contributed by atoms with Crippen LogP contribution >= 0.6 is 0 Å². The SMILES string of the molecule is CCOc1ccccc1/C=N/NC(=O)C(=O)Nc1ccccc1C. The summed E-state index contributed by atoms with van der Waals surface area (Å²) in [5, 5.41) is 6.34. The van der Waals surface area contributed by atoms with Gasteiger partial charge in [0.05, 0.1) is 12.8 Å². The molecule has 0 spiro atoms. The average Bonchev–Trinajstić information content (AvgIpc) is 2.58. The first kappa shape index (κ1) is 17.2. The van der Waals surface area contributed by atoms with Gasteiger partial charge in [-0.1, -0.05) is 30.3 Å². The molecule has 24 heavy (non-hydrogen) atoms. The Bertz CT molecular complexity index is 757. The molecule has 0 fully saturated rings. The van der Waals surface area contributed by atoms with Crippen LogP contribution in [-0.2, 0) is 9.59 Å². The van der Waals surface area contributed by atoms with Crippen LogP contribution in [0.4, 0.5) is 5.69 Å². The second-order valence-electron chi connectivity index (χ2n) is 4.94. The van der Waals surface area contributed by atoms with Crippen LogP contribution in [0.3, 0.4) is 0 Å². The summed E-state index contributed by atoms with van der Waals surface area (Å²) in [5.74, 6) is -0.967. The van der Waals surface area contributed by atoms with Crippen molar-refractivity contribution in [3.63, 3.8) is 0 Å². The molecule has 0 bridgehead atoms. The molecule has 2 aromatic rings. The van der Waals surface area contributed by atoms with Gasteiger partial charge in [-0.15, -0.1) is 0 Å². The topological polar surface area (TPSA) is 79.8 Å². The fraction of sp³-hybridized carbons (Fsp3) is 0.167. The van der Waals surface area contributed by atoms with E-state index in [1.807, 2.05) is 38.1 Å². The smallest absolute Gasteiger partial charge is 0.329 e. The van der Waals surface area contributed by atoms with Crippen molar-refractivity contribution in [3.05, 3.63) is 59.7 Å². The van der Waals surface area contributed by atoms with Gasteiger partial charge in [-0.3, -0.25) is 9.59 Å². The van der Waals surface area contributed by atoms with Crippen LogP contribution in [0.15, 0.2) is 53.6 Å². The van der Waals surface area contributed by atoms with Crippen molar-refractivity contribution in [1.82, 2.24) is 5.43 Å². The van der Waals surface area contributed by atoms with E-state index in [4.69, 9.17) is 4.74 Å². The van der Waals surface area contributed by atoms with Crippen LogP contribution in [0.25, 0.3) is 0 Å². The molecule has 2 N–H and O–H groups in total. The lowest BCUT2D eigenvalue weighted by Gasteiger charge is -2.07. The number of carbonyl (C=O) groups excluding carboxylic acids is 2. The number of amides is 2. The Morgan fingerprint density at radius 2 is 1.79 bits per heavy atom. The van der Waals surface area contributed by atoms with Crippen LogP contribution in [0, 0.1) is 6.92 Å². The lowest BCUT2D eigenvalue weighted by molar-refractivity contribution is -0.136. The summed E-state index contributed by atoms with van der Waals surface area (Å²) in [4.78, 5) is 23.6. The number of carbonyl (C=O) groups is 2. The Hall–Kier alpha value is -3.15. The van der Waals surface area contributed by atoms with Crippen molar-refractivity contribution >= 4 is 23.7 Å². The van der Waals surface area contributed by atoms with Gasteiger partial charge < -0.3 is 10.1 Å². The molecule has 0 radical (unpaired) electrons. The van der Waals surface area contributed by atoms with Crippen molar-refractivity contribution in [2.75, 3.05) is 11.9 Å². The summed E-state index contributed by atoms with van der Waals surface area (Å²) >= 11 is 0. The van der Waals surface area contributed by atoms with Gasteiger partial charge in [-0.05, 0) is 37.6 Å². The van der Waals surface area contributed by atoms with Crippen molar-refractivity contribution in [1.29, 1.82) is 0 Å². The fourth-order valence-corrected chi connectivity index (χ4v) is 1.98. The molecular weight excluding hydrogens is 306 g/mol. The number of aryl methyl sites for hydroxylation is 1. The minimum absolute atomic E-state index is 0.524. The number of nitrogens with one attached hydrogen (secondary N) is 2. The van der Waals surface area contributed by atoms with Crippen LogP contribution in [-0.4, -0.2) is 24.6 Å². The van der Waals surface area contributed by atoms with Gasteiger partial charge in [0, 0.05) is 11.3 Å². The standard InChI is InChI=1S/C18H19N3O3/c1-3-24-16-11-7-5-9-14(16)12-19-21-18(23)17(22)20-15-10-6-4-8-13(15)2/h4-12H,3H2,1-2H3,(H,20,22)(H,21,23)/b19-12+. The Labute approximate surface area is 140 Å². The lowest BCUT2D eigenvalue weighted by Crippen LogP contribution is -2.32. The largest absolute Gasteiger partial charge is 0.493 e. The summed E-state index contributed by atoms with van der Waals surface area (Å²) in [6.07, 6.45) is 1.43. The molecule has 6 heteroatoms. The van der Waals surface area contributed by atoms with E-state index in [9.17, 15) is 9.59 Å². The van der Waals surface area contributed by atoms with Crippen molar-refractivity contribution in [2.45, 2.75) is 13.8 Å². The molecule has 0 aliphatic heterocycles. The molecular formula is C18H19N3O3. The maximum Gasteiger partial charge on any atom is 0.329 e. The third-order valence-electron chi connectivity index (χ3n) is 3.19. The number of hydrogen-bond acceptors (Lipinski definition) is 4. The Morgan fingerprint density at radius 1 is 1.08 bits per heavy atom. The third kappa shape index (κ3) is 4.67. The zero-order valence-corrected chi connectivity index (χ0v) is 13.6. The maximum atomic E-state index is 11.9. The van der Waals surface area contributed by atoms with E-state index in [0.29, 0.717) is 23.6 Å². The zero-order chi connectivity index (χ0) is 17.4. The highest BCUT2D eigenvalue weighted by Gasteiger charge is 2.13. The maximum absolute atomic E-state index is 11.9. The number of para-hydroxylation sites is 2. The van der Waals surface area contributed by atoms with E-state index >= 15 is 0 Å². The summed E-state index contributed by atoms with van der Waals surface area (Å²) in [5.41, 5.74) is 4.36. The number of rotatable bonds is 5. The second-order valence-corrected chi connectivity index (χ2v) is 4.94. The van der Waals surface area contributed by atoms with Gasteiger partial charge >= 0.3 is 11.8 Å². The van der Waals surface area contributed by atoms with Crippen LogP contribution < -0.4 is 15.5 Å². The van der Waals surface area contributed by atoms with E-state index in [-0.39, 0.29) is 0 Å². The van der Waals surface area contributed by atoms with E-state index in [1.165, 1.54) is 6.21 Å². The zero-order valence-electron chi connectivity index (χ0n) is 13.6. The highest BCUT2D eigenvalue weighted by Crippen LogP contribution is 2.15. The third-order valence-corrected chi connectivity index (χ3v) is 3.19. The number of anilines is 1.